The molecule has 0 radical (unpaired) electrons. The third-order valence-corrected chi connectivity index (χ3v) is 3.95. The van der Waals surface area contributed by atoms with Crippen molar-refractivity contribution in [1.82, 2.24) is 14.6 Å². The smallest absolute Gasteiger partial charge is 0.298 e. The molecule has 4 rings (SSSR count). The lowest BCUT2D eigenvalue weighted by molar-refractivity contribution is 0.415. The number of H-pyrrole nitrogens is 1. The van der Waals surface area contributed by atoms with Gasteiger partial charge in [-0.2, -0.15) is 9.78 Å². The number of aromatic nitrogens is 3. The molecule has 7 nitrogen and oxygen atoms in total. The van der Waals surface area contributed by atoms with Crippen LogP contribution >= 0.6 is 0 Å². The van der Waals surface area contributed by atoms with Crippen LogP contribution in [0.3, 0.4) is 0 Å². The first-order valence-corrected chi connectivity index (χ1v) is 7.57. The molecule has 2 heterocycles. The number of ether oxygens (including phenoxy) is 1. The van der Waals surface area contributed by atoms with E-state index < -0.39 is 0 Å². The summed E-state index contributed by atoms with van der Waals surface area (Å²) >= 11 is 0. The van der Waals surface area contributed by atoms with E-state index in [0.717, 1.165) is 15.6 Å². The van der Waals surface area contributed by atoms with E-state index in [1.54, 1.807) is 31.4 Å². The number of para-hydroxylation sites is 1. The van der Waals surface area contributed by atoms with Crippen molar-refractivity contribution in [3.05, 3.63) is 64.7 Å². The number of methoxy groups -OCH3 is 1. The fourth-order valence-electron chi connectivity index (χ4n) is 2.66. The van der Waals surface area contributed by atoms with E-state index in [9.17, 15) is 9.90 Å². The normalized spacial score (nSPS) is 11.6. The van der Waals surface area contributed by atoms with E-state index in [4.69, 9.17) is 4.74 Å². The van der Waals surface area contributed by atoms with Gasteiger partial charge in [-0.15, -0.1) is 0 Å². The fraction of sp³-hybridized carbons (Fsp3) is 0.0556. The minimum atomic E-state index is -0.327. The Kier molecular flexibility index (Phi) is 3.46. The molecular formula is C18H14N4O3. The van der Waals surface area contributed by atoms with Crippen molar-refractivity contribution in [3.63, 3.8) is 0 Å². The average Bonchev–Trinajstić information content (AvgIpc) is 3.01. The predicted octanol–water partition coefficient (Wildman–Crippen LogP) is 2.47. The number of phenolic OH excluding ortho intramolecular Hbond substituents is 1. The number of rotatable bonds is 3. The van der Waals surface area contributed by atoms with Crippen LogP contribution in [0.5, 0.6) is 11.5 Å². The first-order chi connectivity index (χ1) is 12.2. The van der Waals surface area contributed by atoms with Gasteiger partial charge in [0.05, 0.1) is 18.8 Å². The molecule has 0 atom stereocenters. The minimum absolute atomic E-state index is 0.0889. The lowest BCUT2D eigenvalue weighted by atomic mass is 10.2. The van der Waals surface area contributed by atoms with Gasteiger partial charge in [-0.05, 0) is 24.3 Å². The lowest BCUT2D eigenvalue weighted by Gasteiger charge is -1.99. The van der Waals surface area contributed by atoms with Crippen molar-refractivity contribution in [2.75, 3.05) is 7.11 Å². The van der Waals surface area contributed by atoms with Gasteiger partial charge in [0, 0.05) is 17.0 Å². The van der Waals surface area contributed by atoms with Gasteiger partial charge in [0.25, 0.3) is 5.56 Å². The molecule has 0 amide bonds. The molecule has 0 fully saturated rings. The zero-order valence-corrected chi connectivity index (χ0v) is 13.3. The quantitative estimate of drug-likeness (QED) is 0.563. The maximum absolute atomic E-state index is 12.6. The van der Waals surface area contributed by atoms with Crippen molar-refractivity contribution in [1.29, 1.82) is 0 Å². The van der Waals surface area contributed by atoms with Crippen LogP contribution in [0.15, 0.2) is 58.7 Å². The molecule has 0 spiro atoms. The number of fused-ring (bicyclic) bond motifs is 3. The first-order valence-electron chi connectivity index (χ1n) is 7.57. The van der Waals surface area contributed by atoms with E-state index in [-0.39, 0.29) is 11.3 Å². The summed E-state index contributed by atoms with van der Waals surface area (Å²) in [5, 5.41) is 14.7. The monoisotopic (exact) mass is 334 g/mol. The Morgan fingerprint density at radius 1 is 1.28 bits per heavy atom. The van der Waals surface area contributed by atoms with Crippen molar-refractivity contribution >= 4 is 28.2 Å². The van der Waals surface area contributed by atoms with Gasteiger partial charge >= 0.3 is 0 Å². The van der Waals surface area contributed by atoms with Gasteiger partial charge < -0.3 is 14.8 Å². The molecule has 2 aromatic heterocycles. The Balaban J connectivity index is 1.84. The largest absolute Gasteiger partial charge is 0.507 e. The summed E-state index contributed by atoms with van der Waals surface area (Å²) in [7, 11) is 1.59. The Hall–Kier alpha value is -3.61. The Labute approximate surface area is 141 Å². The molecule has 7 heteroatoms. The van der Waals surface area contributed by atoms with Gasteiger partial charge in [0.2, 0.25) is 0 Å². The maximum Gasteiger partial charge on any atom is 0.298 e. The van der Waals surface area contributed by atoms with E-state index in [2.05, 4.69) is 15.1 Å². The molecule has 2 N–H and O–H groups in total. The minimum Gasteiger partial charge on any atom is -0.507 e. The molecule has 4 aromatic rings. The molecule has 0 aliphatic rings. The molecule has 0 saturated carbocycles. The lowest BCUT2D eigenvalue weighted by Crippen LogP contribution is -2.17. The van der Waals surface area contributed by atoms with Crippen LogP contribution in [-0.4, -0.2) is 33.1 Å². The van der Waals surface area contributed by atoms with Crippen molar-refractivity contribution in [2.45, 2.75) is 0 Å². The number of aromatic amines is 1. The summed E-state index contributed by atoms with van der Waals surface area (Å²) in [6.07, 6.45) is 2.77. The Morgan fingerprint density at radius 2 is 2.12 bits per heavy atom. The summed E-state index contributed by atoms with van der Waals surface area (Å²) in [6, 6.07) is 12.2. The van der Waals surface area contributed by atoms with Crippen LogP contribution in [0.2, 0.25) is 0 Å². The highest BCUT2D eigenvalue weighted by molar-refractivity contribution is 6.04. The predicted molar refractivity (Wildman–Crippen MR) is 95.5 cm³/mol. The second kappa shape index (κ2) is 5.79. The van der Waals surface area contributed by atoms with Gasteiger partial charge in [-0.1, -0.05) is 12.1 Å². The molecule has 0 saturated heterocycles. The van der Waals surface area contributed by atoms with Gasteiger partial charge in [-0.3, -0.25) is 4.79 Å². The summed E-state index contributed by atoms with van der Waals surface area (Å²) in [5.41, 5.74) is 1.89. The third kappa shape index (κ3) is 2.51. The summed E-state index contributed by atoms with van der Waals surface area (Å²) < 4.78 is 6.33. The van der Waals surface area contributed by atoms with E-state index >= 15 is 0 Å². The third-order valence-electron chi connectivity index (χ3n) is 3.95. The van der Waals surface area contributed by atoms with Crippen LogP contribution < -0.4 is 10.3 Å². The molecule has 2 aromatic carbocycles. The highest BCUT2D eigenvalue weighted by Gasteiger charge is 2.11. The SMILES string of the molecule is COc1ccc2c(c1)[nH]c1c(=O)n(/N=C/c3ccccc3O)cnc12. The van der Waals surface area contributed by atoms with E-state index in [0.29, 0.717) is 22.3 Å². The second-order valence-corrected chi connectivity index (χ2v) is 5.46. The molecule has 0 unspecified atom stereocenters. The molecule has 124 valence electrons. The number of nitrogens with one attached hydrogen (secondary N) is 1. The van der Waals surface area contributed by atoms with E-state index in [1.807, 2.05) is 18.2 Å². The summed E-state index contributed by atoms with van der Waals surface area (Å²) in [6.45, 7) is 0. The molecule has 0 aliphatic heterocycles. The van der Waals surface area contributed by atoms with E-state index in [1.165, 1.54) is 12.5 Å². The molecular weight excluding hydrogens is 320 g/mol. The standard InChI is InChI=1S/C18H14N4O3/c1-25-12-6-7-13-14(8-12)21-17-16(13)19-10-22(18(17)24)20-9-11-4-2-3-5-15(11)23/h2-10,21,23H,1H3/b20-9+. The highest BCUT2D eigenvalue weighted by atomic mass is 16.5. The summed E-state index contributed by atoms with van der Waals surface area (Å²) in [4.78, 5) is 20.0. The van der Waals surface area contributed by atoms with Gasteiger partial charge in [0.1, 0.15) is 28.9 Å². The fourth-order valence-corrected chi connectivity index (χ4v) is 2.66. The topological polar surface area (TPSA) is 92.5 Å². The Morgan fingerprint density at radius 3 is 2.92 bits per heavy atom. The first kappa shape index (κ1) is 14.9. The van der Waals surface area contributed by atoms with Crippen LogP contribution in [0.4, 0.5) is 0 Å². The van der Waals surface area contributed by atoms with Gasteiger partial charge in [-0.25, -0.2) is 4.98 Å². The number of aromatic hydroxyl groups is 1. The van der Waals surface area contributed by atoms with Crippen LogP contribution in [0, 0.1) is 0 Å². The van der Waals surface area contributed by atoms with Crippen molar-refractivity contribution in [3.8, 4) is 11.5 Å². The van der Waals surface area contributed by atoms with Crippen LogP contribution in [0.1, 0.15) is 5.56 Å². The average molecular weight is 334 g/mol. The van der Waals surface area contributed by atoms with Crippen molar-refractivity contribution < 1.29 is 9.84 Å². The maximum atomic E-state index is 12.6. The Bertz CT molecular complexity index is 1170. The zero-order chi connectivity index (χ0) is 17.4. The zero-order valence-electron chi connectivity index (χ0n) is 13.3. The molecule has 0 aliphatic carbocycles. The van der Waals surface area contributed by atoms with Gasteiger partial charge in [0.15, 0.2) is 0 Å². The number of hydrogen-bond acceptors (Lipinski definition) is 5. The number of nitrogens with zero attached hydrogens (tertiary/aromatic N) is 3. The van der Waals surface area contributed by atoms with Crippen molar-refractivity contribution in [2.24, 2.45) is 5.10 Å². The van der Waals surface area contributed by atoms with Crippen LogP contribution in [0.25, 0.3) is 21.9 Å². The summed E-state index contributed by atoms with van der Waals surface area (Å²) in [5.74, 6) is 0.781. The van der Waals surface area contributed by atoms with Crippen LogP contribution in [-0.2, 0) is 0 Å². The number of benzene rings is 2. The molecule has 0 bridgehead atoms. The number of hydrogen-bond donors (Lipinski definition) is 2. The highest BCUT2D eigenvalue weighted by Crippen LogP contribution is 2.25. The second-order valence-electron chi connectivity index (χ2n) is 5.46. The molecule has 25 heavy (non-hydrogen) atoms. The number of phenols is 1.